The Morgan fingerprint density at radius 1 is 1.50 bits per heavy atom. The Balaban J connectivity index is 2.77. The molecule has 0 aliphatic carbocycles. The smallest absolute Gasteiger partial charge is 0.229 e. The molecule has 0 heterocycles. The van der Waals surface area contributed by atoms with Crippen molar-refractivity contribution in [2.24, 2.45) is 0 Å². The molecule has 0 aliphatic rings. The fraction of sp³-hybridized carbons (Fsp3) is 0.462. The monoisotopic (exact) mass is 220 g/mol. The van der Waals surface area contributed by atoms with E-state index in [0.717, 1.165) is 18.5 Å². The van der Waals surface area contributed by atoms with Crippen LogP contribution in [0, 0.1) is 0 Å². The fourth-order valence-electron chi connectivity index (χ4n) is 1.75. The first-order valence-corrected chi connectivity index (χ1v) is 5.66. The minimum Gasteiger partial charge on any atom is -0.399 e. The lowest BCUT2D eigenvalue weighted by molar-refractivity contribution is -0.131. The molecule has 0 saturated carbocycles. The van der Waals surface area contributed by atoms with Crippen molar-refractivity contribution in [2.75, 3.05) is 19.3 Å². The van der Waals surface area contributed by atoms with Gasteiger partial charge in [-0.2, -0.15) is 0 Å². The molecule has 1 amide bonds. The molecule has 88 valence electrons. The number of hydrogen-bond donors (Lipinski definition) is 1. The number of rotatable bonds is 4. The second kappa shape index (κ2) is 5.54. The third kappa shape index (κ3) is 2.99. The number of anilines is 1. The summed E-state index contributed by atoms with van der Waals surface area (Å²) in [6.07, 6.45) is 0.978. The van der Waals surface area contributed by atoms with E-state index < -0.39 is 0 Å². The van der Waals surface area contributed by atoms with Crippen LogP contribution in [0.25, 0.3) is 0 Å². The minimum absolute atomic E-state index is 0.125. The van der Waals surface area contributed by atoms with Gasteiger partial charge in [0.2, 0.25) is 5.91 Å². The zero-order chi connectivity index (χ0) is 12.1. The van der Waals surface area contributed by atoms with E-state index in [1.54, 1.807) is 4.90 Å². The summed E-state index contributed by atoms with van der Waals surface area (Å²) in [5, 5.41) is 0. The highest BCUT2D eigenvalue weighted by atomic mass is 16.2. The molecule has 3 heteroatoms. The van der Waals surface area contributed by atoms with E-state index in [2.05, 4.69) is 6.92 Å². The summed E-state index contributed by atoms with van der Waals surface area (Å²) in [6, 6.07) is 7.52. The molecule has 3 nitrogen and oxygen atoms in total. The number of nitrogen functional groups attached to an aromatic ring is 1. The van der Waals surface area contributed by atoms with Crippen LogP contribution in [0.3, 0.4) is 0 Å². The Hall–Kier alpha value is -1.51. The third-order valence-corrected chi connectivity index (χ3v) is 2.72. The number of carbonyl (C=O) groups is 1. The molecule has 2 N–H and O–H groups in total. The normalized spacial score (nSPS) is 12.2. The highest BCUT2D eigenvalue weighted by Gasteiger charge is 2.18. The maximum Gasteiger partial charge on any atom is 0.229 e. The number of benzene rings is 1. The Morgan fingerprint density at radius 2 is 2.19 bits per heavy atom. The van der Waals surface area contributed by atoms with Gasteiger partial charge in [0.1, 0.15) is 0 Å². The van der Waals surface area contributed by atoms with Crippen LogP contribution >= 0.6 is 0 Å². The Morgan fingerprint density at radius 3 is 2.75 bits per heavy atom. The first-order valence-electron chi connectivity index (χ1n) is 5.66. The van der Waals surface area contributed by atoms with Gasteiger partial charge >= 0.3 is 0 Å². The predicted molar refractivity (Wildman–Crippen MR) is 67.2 cm³/mol. The fourth-order valence-corrected chi connectivity index (χ4v) is 1.75. The minimum atomic E-state index is -0.125. The molecule has 0 spiro atoms. The molecule has 0 aliphatic heterocycles. The number of carbonyl (C=O) groups excluding carboxylic acids is 1. The lowest BCUT2D eigenvalue weighted by atomic mass is 9.99. The van der Waals surface area contributed by atoms with Gasteiger partial charge in [-0.1, -0.05) is 19.1 Å². The average Bonchev–Trinajstić information content (AvgIpc) is 2.27. The molecule has 1 aromatic rings. The van der Waals surface area contributed by atoms with Crippen LogP contribution in [0.5, 0.6) is 0 Å². The van der Waals surface area contributed by atoms with Crippen LogP contribution in [0.1, 0.15) is 31.7 Å². The van der Waals surface area contributed by atoms with E-state index in [9.17, 15) is 4.79 Å². The molecule has 16 heavy (non-hydrogen) atoms. The van der Waals surface area contributed by atoms with Crippen molar-refractivity contribution in [2.45, 2.75) is 26.2 Å². The molecule has 0 bridgehead atoms. The lowest BCUT2D eigenvalue weighted by Gasteiger charge is -2.21. The standard InChI is InChI=1S/C13H20N2O/c1-4-8-15(3)13(16)10(2)11-6-5-7-12(14)9-11/h5-7,9-10H,4,8,14H2,1-3H3. The van der Waals surface area contributed by atoms with E-state index in [0.29, 0.717) is 5.69 Å². The van der Waals surface area contributed by atoms with E-state index in [-0.39, 0.29) is 11.8 Å². The quantitative estimate of drug-likeness (QED) is 0.791. The van der Waals surface area contributed by atoms with Crippen molar-refractivity contribution < 1.29 is 4.79 Å². The Labute approximate surface area is 97.2 Å². The van der Waals surface area contributed by atoms with Crippen molar-refractivity contribution in [1.29, 1.82) is 0 Å². The van der Waals surface area contributed by atoms with E-state index in [1.807, 2.05) is 38.2 Å². The number of likely N-dealkylation sites (N-methyl/N-ethyl adjacent to an activating group) is 1. The van der Waals surface area contributed by atoms with Crippen LogP contribution < -0.4 is 5.73 Å². The number of nitrogens with zero attached hydrogens (tertiary/aromatic N) is 1. The van der Waals surface area contributed by atoms with Gasteiger partial charge in [-0.15, -0.1) is 0 Å². The Bertz CT molecular complexity index is 363. The van der Waals surface area contributed by atoms with Gasteiger partial charge in [0.15, 0.2) is 0 Å². The largest absolute Gasteiger partial charge is 0.399 e. The molecule has 0 fully saturated rings. The molecule has 1 atom stereocenters. The topological polar surface area (TPSA) is 46.3 Å². The van der Waals surface area contributed by atoms with Gasteiger partial charge in [0.05, 0.1) is 5.92 Å². The second-order valence-electron chi connectivity index (χ2n) is 4.15. The summed E-state index contributed by atoms with van der Waals surface area (Å²) in [4.78, 5) is 13.8. The average molecular weight is 220 g/mol. The summed E-state index contributed by atoms with van der Waals surface area (Å²) in [7, 11) is 1.84. The van der Waals surface area contributed by atoms with Crippen molar-refractivity contribution >= 4 is 11.6 Å². The SMILES string of the molecule is CCCN(C)C(=O)C(C)c1cccc(N)c1. The summed E-state index contributed by atoms with van der Waals surface area (Å²) in [5.74, 6) is 0.0208. The molecule has 0 saturated heterocycles. The van der Waals surface area contributed by atoms with E-state index in [4.69, 9.17) is 5.73 Å². The summed E-state index contributed by atoms with van der Waals surface area (Å²) in [5.41, 5.74) is 7.39. The van der Waals surface area contributed by atoms with Gasteiger partial charge in [0, 0.05) is 19.3 Å². The maximum absolute atomic E-state index is 12.0. The van der Waals surface area contributed by atoms with Crippen LogP contribution in [-0.4, -0.2) is 24.4 Å². The van der Waals surface area contributed by atoms with Crippen molar-refractivity contribution in [3.8, 4) is 0 Å². The van der Waals surface area contributed by atoms with Crippen LogP contribution in [0.15, 0.2) is 24.3 Å². The molecule has 0 radical (unpaired) electrons. The molecule has 1 aromatic carbocycles. The van der Waals surface area contributed by atoms with Crippen molar-refractivity contribution in [3.63, 3.8) is 0 Å². The van der Waals surface area contributed by atoms with Gasteiger partial charge in [-0.25, -0.2) is 0 Å². The van der Waals surface area contributed by atoms with Gasteiger partial charge in [0.25, 0.3) is 0 Å². The first-order chi connectivity index (χ1) is 7.56. The van der Waals surface area contributed by atoms with Gasteiger partial charge in [-0.05, 0) is 31.0 Å². The number of hydrogen-bond acceptors (Lipinski definition) is 2. The lowest BCUT2D eigenvalue weighted by Crippen LogP contribution is -2.31. The van der Waals surface area contributed by atoms with Crippen molar-refractivity contribution in [3.05, 3.63) is 29.8 Å². The summed E-state index contributed by atoms with van der Waals surface area (Å²) < 4.78 is 0. The van der Waals surface area contributed by atoms with Crippen molar-refractivity contribution in [1.82, 2.24) is 4.90 Å². The highest BCUT2D eigenvalue weighted by molar-refractivity contribution is 5.83. The van der Waals surface area contributed by atoms with E-state index in [1.165, 1.54) is 0 Å². The van der Waals surface area contributed by atoms with Crippen LogP contribution in [0.4, 0.5) is 5.69 Å². The maximum atomic E-state index is 12.0. The Kier molecular flexibility index (Phi) is 4.35. The van der Waals surface area contributed by atoms with Crippen LogP contribution in [-0.2, 0) is 4.79 Å². The zero-order valence-electron chi connectivity index (χ0n) is 10.2. The highest BCUT2D eigenvalue weighted by Crippen LogP contribution is 2.19. The molecular weight excluding hydrogens is 200 g/mol. The third-order valence-electron chi connectivity index (χ3n) is 2.72. The van der Waals surface area contributed by atoms with Gasteiger partial charge < -0.3 is 10.6 Å². The van der Waals surface area contributed by atoms with Crippen LogP contribution in [0.2, 0.25) is 0 Å². The molecule has 1 rings (SSSR count). The number of nitrogens with two attached hydrogens (primary N) is 1. The summed E-state index contributed by atoms with van der Waals surface area (Å²) in [6.45, 7) is 4.78. The predicted octanol–water partition coefficient (Wildman–Crippen LogP) is 2.24. The molecule has 1 unspecified atom stereocenters. The van der Waals surface area contributed by atoms with Gasteiger partial charge in [-0.3, -0.25) is 4.79 Å². The second-order valence-corrected chi connectivity index (χ2v) is 4.15. The first kappa shape index (κ1) is 12.6. The van der Waals surface area contributed by atoms with E-state index >= 15 is 0 Å². The zero-order valence-corrected chi connectivity index (χ0v) is 10.2. The summed E-state index contributed by atoms with van der Waals surface area (Å²) >= 11 is 0. The molecule has 0 aromatic heterocycles. The molecular formula is C13H20N2O. The number of amides is 1.